The normalized spacial score (nSPS) is 12.9. The van der Waals surface area contributed by atoms with Gasteiger partial charge >= 0.3 is 0 Å². The number of aromatic nitrogens is 3. The number of carbonyl (C=O) groups is 1. The number of thioether (sulfide) groups is 1. The first-order chi connectivity index (χ1) is 16.2. The van der Waals surface area contributed by atoms with E-state index >= 15 is 0 Å². The highest BCUT2D eigenvalue weighted by atomic mass is 32.2. The van der Waals surface area contributed by atoms with Gasteiger partial charge in [-0.25, -0.2) is 8.78 Å². The fourth-order valence-electron chi connectivity index (χ4n) is 3.32. The molecule has 1 amide bonds. The van der Waals surface area contributed by atoms with E-state index in [1.165, 1.54) is 17.8 Å². The summed E-state index contributed by atoms with van der Waals surface area (Å²) in [6.07, 6.45) is 0.0497. The number of amides is 1. The van der Waals surface area contributed by atoms with Crippen molar-refractivity contribution in [2.24, 2.45) is 0 Å². The van der Waals surface area contributed by atoms with Gasteiger partial charge in [0.2, 0.25) is 5.91 Å². The molecule has 10 heteroatoms. The topological polar surface area (TPSA) is 78.3 Å². The second-order valence-electron chi connectivity index (χ2n) is 7.87. The lowest BCUT2D eigenvalue weighted by molar-refractivity contribution is -0.115. The van der Waals surface area contributed by atoms with Gasteiger partial charge in [0.15, 0.2) is 17.1 Å². The van der Waals surface area contributed by atoms with E-state index in [1.54, 1.807) is 13.2 Å². The van der Waals surface area contributed by atoms with Crippen molar-refractivity contribution in [1.82, 2.24) is 14.8 Å². The van der Waals surface area contributed by atoms with Gasteiger partial charge in [-0.15, -0.1) is 10.2 Å². The monoisotopic (exact) mass is 490 g/mol. The first-order valence-corrected chi connectivity index (χ1v) is 11.8. The largest absolute Gasteiger partial charge is 0.497 e. The molecule has 0 saturated carbocycles. The average Bonchev–Trinajstić information content (AvgIpc) is 3.23. The summed E-state index contributed by atoms with van der Waals surface area (Å²) < 4.78 is 40.4. The third-order valence-corrected chi connectivity index (χ3v) is 6.35. The predicted octanol–water partition coefficient (Wildman–Crippen LogP) is 5.80. The molecule has 3 aromatic rings. The zero-order valence-electron chi connectivity index (χ0n) is 19.7. The van der Waals surface area contributed by atoms with Crippen molar-refractivity contribution in [3.8, 4) is 11.5 Å². The molecule has 2 unspecified atom stereocenters. The molecule has 1 heterocycles. The van der Waals surface area contributed by atoms with E-state index in [1.807, 2.05) is 50.5 Å². The molecule has 0 bridgehead atoms. The molecule has 0 aliphatic carbocycles. The minimum absolute atomic E-state index is 0.000954. The van der Waals surface area contributed by atoms with Gasteiger partial charge in [-0.3, -0.25) is 4.79 Å². The molecule has 3 rings (SSSR count). The van der Waals surface area contributed by atoms with Crippen LogP contribution in [-0.4, -0.2) is 33.0 Å². The van der Waals surface area contributed by atoms with E-state index in [2.05, 4.69) is 15.5 Å². The van der Waals surface area contributed by atoms with Crippen LogP contribution in [0.15, 0.2) is 47.6 Å². The van der Waals surface area contributed by atoms with Crippen LogP contribution in [0.2, 0.25) is 0 Å². The lowest BCUT2D eigenvalue weighted by atomic mass is 10.2. The molecule has 0 fully saturated rings. The van der Waals surface area contributed by atoms with Gasteiger partial charge in [-0.1, -0.05) is 24.8 Å². The quantitative estimate of drug-likeness (QED) is 0.362. The molecule has 0 spiro atoms. The third-order valence-electron chi connectivity index (χ3n) is 5.02. The zero-order valence-corrected chi connectivity index (χ0v) is 20.5. The fourth-order valence-corrected chi connectivity index (χ4v) is 4.41. The number of benzene rings is 2. The highest BCUT2D eigenvalue weighted by Gasteiger charge is 2.26. The first kappa shape index (κ1) is 25.5. The highest BCUT2D eigenvalue weighted by molar-refractivity contribution is 8.00. The van der Waals surface area contributed by atoms with Crippen LogP contribution >= 0.6 is 11.8 Å². The van der Waals surface area contributed by atoms with E-state index in [4.69, 9.17) is 9.47 Å². The molecule has 182 valence electrons. The van der Waals surface area contributed by atoms with Crippen LogP contribution in [0.4, 0.5) is 14.5 Å². The molecule has 7 nitrogen and oxygen atoms in total. The van der Waals surface area contributed by atoms with E-state index < -0.39 is 28.9 Å². The maximum absolute atomic E-state index is 14.0. The Morgan fingerprint density at radius 3 is 2.50 bits per heavy atom. The van der Waals surface area contributed by atoms with Gasteiger partial charge in [-0.05, 0) is 51.5 Å². The minimum atomic E-state index is -0.829. The van der Waals surface area contributed by atoms with Crippen LogP contribution in [0.3, 0.4) is 0 Å². The van der Waals surface area contributed by atoms with Crippen molar-refractivity contribution >= 4 is 23.4 Å². The van der Waals surface area contributed by atoms with Crippen molar-refractivity contribution in [3.63, 3.8) is 0 Å². The minimum Gasteiger partial charge on any atom is -0.497 e. The number of ether oxygens (including phenoxy) is 2. The maximum atomic E-state index is 14.0. The van der Waals surface area contributed by atoms with E-state index in [-0.39, 0.29) is 11.7 Å². The number of carbonyl (C=O) groups excluding carboxylic acids is 1. The third kappa shape index (κ3) is 6.05. The number of hydrogen-bond donors (Lipinski definition) is 1. The molecule has 0 saturated heterocycles. The van der Waals surface area contributed by atoms with Crippen molar-refractivity contribution in [2.75, 3.05) is 12.4 Å². The van der Waals surface area contributed by atoms with E-state index in [0.717, 1.165) is 12.1 Å². The summed E-state index contributed by atoms with van der Waals surface area (Å²) in [6, 6.07) is 10.3. The lowest BCUT2D eigenvalue weighted by Crippen LogP contribution is -2.26. The Balaban J connectivity index is 1.78. The van der Waals surface area contributed by atoms with Crippen LogP contribution in [0.1, 0.15) is 52.1 Å². The smallest absolute Gasteiger partial charge is 0.238 e. The molecule has 1 N–H and O–H groups in total. The Morgan fingerprint density at radius 1 is 1.12 bits per heavy atom. The van der Waals surface area contributed by atoms with Crippen LogP contribution in [0, 0.1) is 11.6 Å². The molecular formula is C24H28F2N4O3S. The van der Waals surface area contributed by atoms with Crippen molar-refractivity contribution in [3.05, 3.63) is 59.9 Å². The standard InChI is InChI=1S/C24H28F2N4O3S/c1-6-21(23(31)27-20-11-10-16(25)12-19(20)26)34-24-29-28-22(30(24)14(2)3)15(4)33-18-9-7-8-17(13-18)32-5/h7-15,21H,6H2,1-5H3,(H,27,31). The zero-order chi connectivity index (χ0) is 24.8. The van der Waals surface area contributed by atoms with Gasteiger partial charge < -0.3 is 19.4 Å². The van der Waals surface area contributed by atoms with Crippen LogP contribution < -0.4 is 14.8 Å². The van der Waals surface area contributed by atoms with Gasteiger partial charge in [-0.2, -0.15) is 0 Å². The number of nitrogens with zero attached hydrogens (tertiary/aromatic N) is 3. The highest BCUT2D eigenvalue weighted by Crippen LogP contribution is 2.32. The summed E-state index contributed by atoms with van der Waals surface area (Å²) >= 11 is 1.24. The molecule has 1 aromatic heterocycles. The molecule has 2 aromatic carbocycles. The number of nitrogens with one attached hydrogen (secondary N) is 1. The second-order valence-corrected chi connectivity index (χ2v) is 9.04. The summed E-state index contributed by atoms with van der Waals surface area (Å²) in [5.74, 6) is -0.0185. The van der Waals surface area contributed by atoms with E-state index in [9.17, 15) is 13.6 Å². The molecule has 2 atom stereocenters. The summed E-state index contributed by atoms with van der Waals surface area (Å²) in [7, 11) is 1.59. The molecule has 0 aliphatic heterocycles. The van der Waals surface area contributed by atoms with Crippen LogP contribution in [0.25, 0.3) is 0 Å². The van der Waals surface area contributed by atoms with Gasteiger partial charge in [0.1, 0.15) is 23.1 Å². The Bertz CT molecular complexity index is 1140. The molecule has 0 radical (unpaired) electrons. The summed E-state index contributed by atoms with van der Waals surface area (Å²) in [6.45, 7) is 7.70. The Hall–Kier alpha value is -3.14. The maximum Gasteiger partial charge on any atom is 0.238 e. The molecule has 34 heavy (non-hydrogen) atoms. The summed E-state index contributed by atoms with van der Waals surface area (Å²) in [5.41, 5.74) is -0.0724. The predicted molar refractivity (Wildman–Crippen MR) is 127 cm³/mol. The van der Waals surface area contributed by atoms with Crippen molar-refractivity contribution in [2.45, 2.75) is 56.7 Å². The lowest BCUT2D eigenvalue weighted by Gasteiger charge is -2.20. The number of methoxy groups -OCH3 is 1. The number of rotatable bonds is 10. The SMILES string of the molecule is CCC(Sc1nnc(C(C)Oc2cccc(OC)c2)n1C(C)C)C(=O)Nc1ccc(F)cc1F. The summed E-state index contributed by atoms with van der Waals surface area (Å²) in [5, 5.41) is 11.2. The van der Waals surface area contributed by atoms with Gasteiger partial charge in [0, 0.05) is 18.2 Å². The van der Waals surface area contributed by atoms with E-state index in [0.29, 0.717) is 28.9 Å². The van der Waals surface area contributed by atoms with Crippen molar-refractivity contribution < 1.29 is 23.0 Å². The number of anilines is 1. The number of hydrogen-bond acceptors (Lipinski definition) is 6. The van der Waals surface area contributed by atoms with Crippen LogP contribution in [-0.2, 0) is 4.79 Å². The van der Waals surface area contributed by atoms with Crippen molar-refractivity contribution in [1.29, 1.82) is 0 Å². The molecule has 0 aliphatic rings. The Morgan fingerprint density at radius 2 is 1.85 bits per heavy atom. The Kier molecular flexibility index (Phi) is 8.49. The van der Waals surface area contributed by atoms with Gasteiger partial charge in [0.05, 0.1) is 18.0 Å². The summed E-state index contributed by atoms with van der Waals surface area (Å²) in [4.78, 5) is 12.8. The Labute approximate surface area is 201 Å². The van der Waals surface area contributed by atoms with Crippen LogP contribution in [0.5, 0.6) is 11.5 Å². The van der Waals surface area contributed by atoms with Gasteiger partial charge in [0.25, 0.3) is 0 Å². The fraction of sp³-hybridized carbons (Fsp3) is 0.375. The number of halogens is 2. The molecular weight excluding hydrogens is 462 g/mol. The first-order valence-electron chi connectivity index (χ1n) is 10.9. The second kappa shape index (κ2) is 11.3. The average molecular weight is 491 g/mol.